The molecule has 0 fully saturated rings. The van der Waals surface area contributed by atoms with Crippen molar-refractivity contribution in [2.45, 2.75) is 63.6 Å². The Balaban J connectivity index is 1.91. The Morgan fingerprint density at radius 1 is 0.891 bits per heavy atom. The van der Waals surface area contributed by atoms with Crippen molar-refractivity contribution in [2.24, 2.45) is 5.14 Å². The number of benzene rings is 3. The van der Waals surface area contributed by atoms with Gasteiger partial charge in [-0.3, -0.25) is 14.4 Å². The van der Waals surface area contributed by atoms with Crippen molar-refractivity contribution < 1.29 is 36.7 Å². The maximum atomic E-state index is 14.0. The summed E-state index contributed by atoms with van der Waals surface area (Å²) in [5.41, 5.74) is 1.17. The number of aliphatic hydroxyl groups excluding tert-OH is 1. The number of aliphatic hydroxyl groups is 1. The maximum absolute atomic E-state index is 14.0. The van der Waals surface area contributed by atoms with Crippen molar-refractivity contribution in [1.29, 1.82) is 0 Å². The lowest BCUT2D eigenvalue weighted by atomic mass is 9.99. The number of amides is 2. The summed E-state index contributed by atoms with van der Waals surface area (Å²) >= 11 is 0. The van der Waals surface area contributed by atoms with Gasteiger partial charge in [-0.1, -0.05) is 32.0 Å². The van der Waals surface area contributed by atoms with E-state index in [4.69, 9.17) is 5.14 Å². The van der Waals surface area contributed by atoms with Gasteiger partial charge >= 0.3 is 0 Å². The Hall–Kier alpha value is -4.04. The summed E-state index contributed by atoms with van der Waals surface area (Å²) in [6, 6.07) is 12.0. The van der Waals surface area contributed by atoms with Crippen molar-refractivity contribution in [3.8, 4) is 0 Å². The Morgan fingerprint density at radius 2 is 1.52 bits per heavy atom. The van der Waals surface area contributed by atoms with Crippen molar-refractivity contribution in [1.82, 2.24) is 15.5 Å². The van der Waals surface area contributed by atoms with Crippen LogP contribution in [0.5, 0.6) is 0 Å². The quantitative estimate of drug-likeness (QED) is 0.171. The van der Waals surface area contributed by atoms with Crippen LogP contribution < -0.4 is 15.8 Å². The van der Waals surface area contributed by atoms with Crippen LogP contribution in [0.2, 0.25) is 0 Å². The zero-order valence-electron chi connectivity index (χ0n) is 26.1. The number of nitrogens with zero attached hydrogens (tertiary/aromatic N) is 1. The molecule has 13 heteroatoms. The highest BCUT2D eigenvalue weighted by molar-refractivity contribution is 7.89. The number of halogens is 2. The van der Waals surface area contributed by atoms with Gasteiger partial charge in [-0.05, 0) is 73.7 Å². The summed E-state index contributed by atoms with van der Waals surface area (Å²) in [6.07, 6.45) is -0.169. The molecular weight excluding hydrogens is 618 g/mol. The maximum Gasteiger partial charge on any atom is 0.253 e. The van der Waals surface area contributed by atoms with E-state index < -0.39 is 50.5 Å². The number of sulfonamides is 1. The Labute approximate surface area is 268 Å². The minimum atomic E-state index is -4.33. The van der Waals surface area contributed by atoms with Crippen molar-refractivity contribution in [3.05, 3.63) is 100 Å². The van der Waals surface area contributed by atoms with Crippen LogP contribution in [0.3, 0.4) is 0 Å². The number of nitrogens with two attached hydrogens (primary N) is 1. The van der Waals surface area contributed by atoms with Crippen LogP contribution in [0.4, 0.5) is 8.78 Å². The zero-order valence-corrected chi connectivity index (χ0v) is 26.9. The van der Waals surface area contributed by atoms with Crippen LogP contribution in [0.25, 0.3) is 0 Å². The molecule has 2 amide bonds. The molecule has 248 valence electrons. The lowest BCUT2D eigenvalue weighted by molar-refractivity contribution is 0.0755. The Bertz CT molecular complexity index is 1640. The molecule has 2 atom stereocenters. The van der Waals surface area contributed by atoms with E-state index in [1.807, 2.05) is 13.8 Å². The minimum Gasteiger partial charge on any atom is -0.390 e. The lowest BCUT2D eigenvalue weighted by Gasteiger charge is -2.25. The average molecular weight is 659 g/mol. The van der Waals surface area contributed by atoms with Crippen LogP contribution >= 0.6 is 0 Å². The molecule has 0 aliphatic rings. The molecule has 0 saturated carbocycles. The van der Waals surface area contributed by atoms with Gasteiger partial charge in [0.2, 0.25) is 10.0 Å². The first-order valence-electron chi connectivity index (χ1n) is 14.9. The van der Waals surface area contributed by atoms with Gasteiger partial charge in [0.1, 0.15) is 11.6 Å². The topological polar surface area (TPSA) is 159 Å². The second kappa shape index (κ2) is 16.5. The van der Waals surface area contributed by atoms with Gasteiger partial charge in [0.25, 0.3) is 11.8 Å². The summed E-state index contributed by atoms with van der Waals surface area (Å²) in [7, 11) is -4.33. The molecule has 3 aromatic rings. The molecule has 10 nitrogen and oxygen atoms in total. The highest BCUT2D eigenvalue weighted by atomic mass is 32.2. The van der Waals surface area contributed by atoms with E-state index in [9.17, 15) is 36.7 Å². The van der Waals surface area contributed by atoms with Gasteiger partial charge in [0.15, 0.2) is 5.78 Å². The molecule has 3 rings (SSSR count). The number of hydrogen-bond donors (Lipinski definition) is 4. The predicted molar refractivity (Wildman–Crippen MR) is 170 cm³/mol. The summed E-state index contributed by atoms with van der Waals surface area (Å²) in [6.45, 7) is 6.25. The summed E-state index contributed by atoms with van der Waals surface area (Å²) in [4.78, 5) is 39.7. The molecule has 0 spiro atoms. The van der Waals surface area contributed by atoms with Gasteiger partial charge in [-0.2, -0.15) is 0 Å². The molecule has 0 aliphatic carbocycles. The van der Waals surface area contributed by atoms with Crippen LogP contribution in [0.15, 0.2) is 65.6 Å². The normalized spacial score (nSPS) is 12.8. The number of rotatable bonds is 16. The fourth-order valence-corrected chi connectivity index (χ4v) is 5.56. The fraction of sp³-hybridized carbons (Fsp3) is 0.364. The molecule has 0 aliphatic heterocycles. The van der Waals surface area contributed by atoms with Crippen LogP contribution in [-0.4, -0.2) is 67.8 Å². The first-order valence-corrected chi connectivity index (χ1v) is 16.5. The number of hydrogen-bond acceptors (Lipinski definition) is 7. The fourth-order valence-electron chi connectivity index (χ4n) is 4.98. The third-order valence-electron chi connectivity index (χ3n) is 7.19. The molecule has 0 bridgehead atoms. The standard InChI is InChI=1S/C33H40F2N4O6S/c1-4-9-39(10-5-2)33(43)26-15-25(16-29(17-26)46(36,44)45)32(42)38-30(14-23-12-27(34)18-28(35)13-23)31(41)20-37-19-22-7-6-8-24(11-22)21(3)40/h6-8,11-13,15-18,30-31,37,41H,4-5,9-10,14,19-20H2,1-3H3,(H,38,42)(H2,36,44,45)/t30-,31+/m0/s1. The second-order valence-electron chi connectivity index (χ2n) is 11.1. The van der Waals surface area contributed by atoms with Crippen molar-refractivity contribution >= 4 is 27.6 Å². The van der Waals surface area contributed by atoms with Gasteiger partial charge in [0, 0.05) is 48.9 Å². The molecule has 0 aromatic heterocycles. The largest absolute Gasteiger partial charge is 0.390 e. The molecule has 0 unspecified atom stereocenters. The number of carbonyl (C=O) groups is 3. The first kappa shape index (κ1) is 36.4. The smallest absolute Gasteiger partial charge is 0.253 e. The Kier molecular flexibility index (Phi) is 13.1. The van der Waals surface area contributed by atoms with E-state index in [0.29, 0.717) is 37.6 Å². The van der Waals surface area contributed by atoms with E-state index in [2.05, 4.69) is 10.6 Å². The predicted octanol–water partition coefficient (Wildman–Crippen LogP) is 3.57. The number of Topliss-reactive ketones (excluding diaryl/α,β-unsaturated/α-hetero) is 1. The van der Waals surface area contributed by atoms with E-state index in [-0.39, 0.29) is 42.0 Å². The van der Waals surface area contributed by atoms with E-state index in [1.54, 1.807) is 29.2 Å². The van der Waals surface area contributed by atoms with Crippen LogP contribution in [0, 0.1) is 11.6 Å². The monoisotopic (exact) mass is 658 g/mol. The average Bonchev–Trinajstić information content (AvgIpc) is 2.99. The van der Waals surface area contributed by atoms with Gasteiger partial charge in [-0.25, -0.2) is 22.3 Å². The SMILES string of the molecule is CCCN(CCC)C(=O)c1cc(C(=O)N[C@@H](Cc2cc(F)cc(F)c2)[C@H](O)CNCc2cccc(C(C)=O)c2)cc(S(N)(=O)=O)c1. The summed E-state index contributed by atoms with van der Waals surface area (Å²) in [5.74, 6) is -3.11. The third kappa shape index (κ3) is 10.5. The van der Waals surface area contributed by atoms with E-state index in [1.165, 1.54) is 13.0 Å². The van der Waals surface area contributed by atoms with E-state index in [0.717, 1.165) is 29.8 Å². The highest BCUT2D eigenvalue weighted by Gasteiger charge is 2.26. The van der Waals surface area contributed by atoms with Crippen molar-refractivity contribution in [3.63, 3.8) is 0 Å². The second-order valence-corrected chi connectivity index (χ2v) is 12.7. The zero-order chi connectivity index (χ0) is 34.0. The van der Waals surface area contributed by atoms with Crippen LogP contribution in [-0.2, 0) is 23.0 Å². The Morgan fingerprint density at radius 3 is 2.11 bits per heavy atom. The molecule has 5 N–H and O–H groups in total. The first-order chi connectivity index (χ1) is 21.7. The highest BCUT2D eigenvalue weighted by Crippen LogP contribution is 2.19. The molecule has 3 aromatic carbocycles. The summed E-state index contributed by atoms with van der Waals surface area (Å²) < 4.78 is 52.6. The summed E-state index contributed by atoms with van der Waals surface area (Å²) in [5, 5.41) is 22.2. The molecule has 0 saturated heterocycles. The van der Waals surface area contributed by atoms with Gasteiger partial charge in [-0.15, -0.1) is 0 Å². The van der Waals surface area contributed by atoms with Gasteiger partial charge in [0.05, 0.1) is 17.0 Å². The molecule has 0 radical (unpaired) electrons. The van der Waals surface area contributed by atoms with Crippen molar-refractivity contribution in [2.75, 3.05) is 19.6 Å². The number of nitrogens with one attached hydrogen (secondary N) is 2. The number of primary sulfonamides is 1. The van der Waals surface area contributed by atoms with E-state index >= 15 is 0 Å². The lowest BCUT2D eigenvalue weighted by Crippen LogP contribution is -2.48. The molecular formula is C33H40F2N4O6S. The van der Waals surface area contributed by atoms with Crippen LogP contribution in [0.1, 0.15) is 75.8 Å². The number of ketones is 1. The van der Waals surface area contributed by atoms with Gasteiger partial charge < -0.3 is 20.6 Å². The molecule has 0 heterocycles. The molecule has 46 heavy (non-hydrogen) atoms. The third-order valence-corrected chi connectivity index (χ3v) is 8.09. The minimum absolute atomic E-state index is 0.0580. The number of carbonyl (C=O) groups excluding carboxylic acids is 3.